The molecule has 16 nitrogen and oxygen atoms in total. The van der Waals surface area contributed by atoms with E-state index in [1.165, 1.54) is 16.7 Å². The van der Waals surface area contributed by atoms with Gasteiger partial charge in [0.25, 0.3) is 5.91 Å². The number of hydrogen-bond donors (Lipinski definition) is 1. The quantitative estimate of drug-likeness (QED) is 0.0948. The van der Waals surface area contributed by atoms with Gasteiger partial charge in [-0.3, -0.25) is 19.2 Å². The van der Waals surface area contributed by atoms with Gasteiger partial charge in [-0.25, -0.2) is 13.8 Å². The fourth-order valence-corrected chi connectivity index (χ4v) is 12.3. The van der Waals surface area contributed by atoms with Gasteiger partial charge in [0.15, 0.2) is 5.82 Å². The number of aryl methyl sites for hydroxylation is 1. The molecule has 0 spiro atoms. The molecule has 11 rings (SSSR count). The number of H-pyrrole nitrogens is 1. The molecule has 18 heteroatoms. The zero-order chi connectivity index (χ0) is 52.3. The average molecular weight is 1040 g/mol. The van der Waals surface area contributed by atoms with Crippen molar-refractivity contribution in [1.29, 1.82) is 0 Å². The van der Waals surface area contributed by atoms with Crippen molar-refractivity contribution in [3.05, 3.63) is 114 Å². The van der Waals surface area contributed by atoms with Gasteiger partial charge in [0.1, 0.15) is 23.1 Å². The molecule has 4 saturated heterocycles. The molecule has 4 fully saturated rings. The molecule has 0 unspecified atom stereocenters. The van der Waals surface area contributed by atoms with E-state index >= 15 is 4.39 Å². The Bertz CT molecular complexity index is 3040. The lowest BCUT2D eigenvalue weighted by molar-refractivity contribution is -0.131. The van der Waals surface area contributed by atoms with Crippen molar-refractivity contribution < 1.29 is 27.8 Å². The number of rotatable bonds is 16. The smallest absolute Gasteiger partial charge is 0.269 e. The maximum Gasteiger partial charge on any atom is 0.269 e. The highest BCUT2D eigenvalue weighted by Crippen LogP contribution is 2.42. The lowest BCUT2D eigenvalue weighted by atomic mass is 9.92. The number of fused-ring (bicyclic) bond motifs is 2. The Kier molecular flexibility index (Phi) is 15.2. The van der Waals surface area contributed by atoms with Crippen LogP contribution in [0.1, 0.15) is 61.0 Å². The summed E-state index contributed by atoms with van der Waals surface area (Å²) in [6, 6.07) is 22.0. The monoisotopic (exact) mass is 1040 g/mol. The molecule has 5 aliphatic heterocycles. The number of benzene rings is 3. The van der Waals surface area contributed by atoms with Crippen LogP contribution in [0.25, 0.3) is 27.6 Å². The minimum Gasteiger partial charge on any atom is -0.496 e. The van der Waals surface area contributed by atoms with Gasteiger partial charge in [-0.05, 0) is 104 Å². The number of halogens is 2. The molecule has 5 aliphatic rings. The van der Waals surface area contributed by atoms with Crippen LogP contribution < -0.4 is 24.3 Å². The molecule has 6 aromatic rings. The third-order valence-corrected chi connectivity index (χ3v) is 16.4. The lowest BCUT2D eigenvalue weighted by Gasteiger charge is -2.41. The molecular formula is C58H70F2N12O4. The summed E-state index contributed by atoms with van der Waals surface area (Å²) in [5.41, 5.74) is 6.36. The molecule has 1 N–H and O–H groups in total. The van der Waals surface area contributed by atoms with Gasteiger partial charge < -0.3 is 43.9 Å². The molecule has 0 aliphatic carbocycles. The fourth-order valence-electron chi connectivity index (χ4n) is 12.3. The predicted molar refractivity (Wildman–Crippen MR) is 293 cm³/mol. The number of hydrogen-bond acceptors (Lipinski definition) is 12. The third-order valence-electron chi connectivity index (χ3n) is 16.4. The summed E-state index contributed by atoms with van der Waals surface area (Å²) >= 11 is 0. The minimum absolute atomic E-state index is 0.0401. The topological polar surface area (TPSA) is 135 Å². The maximum absolute atomic E-state index is 16.8. The summed E-state index contributed by atoms with van der Waals surface area (Å²) in [5.74, 6) is 1.27. The normalized spacial score (nSPS) is 19.6. The van der Waals surface area contributed by atoms with Gasteiger partial charge in [0.2, 0.25) is 5.91 Å². The van der Waals surface area contributed by atoms with Crippen LogP contribution in [-0.2, 0) is 16.1 Å². The summed E-state index contributed by atoms with van der Waals surface area (Å²) in [7, 11) is 4.99. The number of pyridine rings is 1. The summed E-state index contributed by atoms with van der Waals surface area (Å²) in [4.78, 5) is 50.1. The number of aromatic amines is 1. The summed E-state index contributed by atoms with van der Waals surface area (Å²) in [5, 5.41) is 8.38. The number of ether oxygens (including phenoxy) is 2. The highest BCUT2D eigenvalue weighted by Gasteiger charge is 2.41. The van der Waals surface area contributed by atoms with Crippen LogP contribution in [0.2, 0.25) is 0 Å². The van der Waals surface area contributed by atoms with Crippen molar-refractivity contribution in [2.75, 3.05) is 126 Å². The van der Waals surface area contributed by atoms with Crippen LogP contribution in [0.15, 0.2) is 91.4 Å². The number of piperidine rings is 2. The van der Waals surface area contributed by atoms with Crippen molar-refractivity contribution in [3.63, 3.8) is 0 Å². The highest BCUT2D eigenvalue weighted by molar-refractivity contribution is 6.05. The van der Waals surface area contributed by atoms with Crippen molar-refractivity contribution in [2.24, 2.45) is 5.92 Å². The average Bonchev–Trinajstić information content (AvgIpc) is 4.26. The van der Waals surface area contributed by atoms with Crippen molar-refractivity contribution in [2.45, 2.75) is 63.6 Å². The first-order valence-corrected chi connectivity index (χ1v) is 27.2. The van der Waals surface area contributed by atoms with Gasteiger partial charge in [-0.2, -0.15) is 0 Å². The van der Waals surface area contributed by atoms with E-state index in [-0.39, 0.29) is 41.8 Å². The van der Waals surface area contributed by atoms with Gasteiger partial charge in [-0.1, -0.05) is 17.4 Å². The van der Waals surface area contributed by atoms with Gasteiger partial charge in [-0.15, -0.1) is 5.10 Å². The molecule has 2 atom stereocenters. The Morgan fingerprint density at radius 1 is 0.776 bits per heavy atom. The lowest BCUT2D eigenvalue weighted by Crippen LogP contribution is -2.50. The largest absolute Gasteiger partial charge is 0.496 e. The molecule has 2 amide bonds. The number of nitrogens with zero attached hydrogens (tertiary/aromatic N) is 11. The van der Waals surface area contributed by atoms with Crippen LogP contribution in [0.4, 0.5) is 31.7 Å². The van der Waals surface area contributed by atoms with Crippen molar-refractivity contribution >= 4 is 51.2 Å². The van der Waals surface area contributed by atoms with Gasteiger partial charge >= 0.3 is 0 Å². The van der Waals surface area contributed by atoms with Crippen LogP contribution in [0.5, 0.6) is 5.75 Å². The van der Waals surface area contributed by atoms with E-state index in [9.17, 15) is 14.0 Å². The van der Waals surface area contributed by atoms with E-state index in [0.717, 1.165) is 126 Å². The molecular weight excluding hydrogens is 967 g/mol. The first kappa shape index (κ1) is 51.1. The maximum atomic E-state index is 16.8. The van der Waals surface area contributed by atoms with Crippen LogP contribution in [0.3, 0.4) is 0 Å². The summed E-state index contributed by atoms with van der Waals surface area (Å²) < 4.78 is 45.0. The van der Waals surface area contributed by atoms with Crippen LogP contribution in [0, 0.1) is 17.6 Å². The first-order chi connectivity index (χ1) is 37.1. The van der Waals surface area contributed by atoms with Gasteiger partial charge in [0, 0.05) is 157 Å². The summed E-state index contributed by atoms with van der Waals surface area (Å²) in [6.07, 6.45) is 13.6. The zero-order valence-corrected chi connectivity index (χ0v) is 44.0. The Balaban J connectivity index is 0.675. The Labute approximate surface area is 443 Å². The Hall–Kier alpha value is -7.05. The molecule has 3 aromatic carbocycles. The van der Waals surface area contributed by atoms with E-state index in [0.29, 0.717) is 66.4 Å². The molecule has 0 saturated carbocycles. The second kappa shape index (κ2) is 22.7. The Morgan fingerprint density at radius 3 is 2.38 bits per heavy atom. The van der Waals surface area contributed by atoms with Crippen molar-refractivity contribution in [1.82, 2.24) is 39.7 Å². The number of carbonyl (C=O) groups is 2. The van der Waals surface area contributed by atoms with Crippen molar-refractivity contribution in [3.8, 4) is 16.9 Å². The summed E-state index contributed by atoms with van der Waals surface area (Å²) in [6.45, 7) is 11.0. The van der Waals surface area contributed by atoms with Gasteiger partial charge in [0.05, 0.1) is 44.1 Å². The standard InChI is InChI=1S/C58H70F2N12O4/c1-65(2)58(74)50-37-49-48(36-47(56(60)57(49)63-50)41-7-5-20-69(38-41)55(73)17-24-70-26-19-62-64-70)46-12-11-43(34-53(46)75-3)68-29-27-66(28-30-68)31-32-76-39-40-14-22-67(23-15-40)44-13-18-61-54(35-44)72-25-16-52-51(72)10-6-21-71(52)45-9-4-8-42(59)33-45/h4,7-9,11-13,18-19,26,33-37,40,51-52,63H,5-6,10,14-17,20-25,27-32,38-39H2,1-3H3/t51-,52-/m1/s1. The molecule has 76 heavy (non-hydrogen) atoms. The molecule has 8 heterocycles. The highest BCUT2D eigenvalue weighted by atomic mass is 19.1. The van der Waals surface area contributed by atoms with E-state index in [2.05, 4.69) is 64.1 Å². The van der Waals surface area contributed by atoms with E-state index in [4.69, 9.17) is 14.5 Å². The number of anilines is 4. The third kappa shape index (κ3) is 10.8. The minimum atomic E-state index is -0.468. The molecule has 0 bridgehead atoms. The number of nitrogens with one attached hydrogen (secondary N) is 1. The first-order valence-electron chi connectivity index (χ1n) is 27.2. The Morgan fingerprint density at radius 2 is 1.59 bits per heavy atom. The van der Waals surface area contributed by atoms with Crippen LogP contribution in [-0.4, -0.2) is 170 Å². The zero-order valence-electron chi connectivity index (χ0n) is 44.0. The van der Waals surface area contributed by atoms with E-state index in [1.807, 2.05) is 36.5 Å². The number of piperazine rings is 1. The number of aromatic nitrogens is 5. The van der Waals surface area contributed by atoms with E-state index < -0.39 is 5.82 Å². The molecule has 3 aromatic heterocycles. The SMILES string of the molecule is COc1cc(N2CCN(CCOCC3CCN(c4ccnc(N5CC[C@@H]6[C@H]5CCCN6c5cccc(F)c5)c4)CC3)CC2)ccc1-c1cc(C2=CCCN(C(=O)CCn3ccnn3)C2)c(F)c2[nH]c(C(=O)N(C)C)cc12. The number of amides is 2. The predicted octanol–water partition coefficient (Wildman–Crippen LogP) is 7.82. The molecule has 0 radical (unpaired) electrons. The second-order valence-electron chi connectivity index (χ2n) is 21.2. The fraction of sp³-hybridized carbons (Fsp3) is 0.466. The number of methoxy groups -OCH3 is 1. The van der Waals surface area contributed by atoms with E-state index in [1.54, 1.807) is 55.3 Å². The number of carbonyl (C=O) groups excluding carboxylic acids is 2. The molecule has 400 valence electrons. The second-order valence-corrected chi connectivity index (χ2v) is 21.2. The van der Waals surface area contributed by atoms with Crippen LogP contribution >= 0.6 is 0 Å².